The van der Waals surface area contributed by atoms with Gasteiger partial charge in [-0.15, -0.1) is 0 Å². The zero-order valence-electron chi connectivity index (χ0n) is 16.7. The molecule has 0 bridgehead atoms. The normalized spacial score (nSPS) is 12.8. The number of phenolic OH excluding ortho intramolecular Hbond substituents is 1. The van der Waals surface area contributed by atoms with Crippen molar-refractivity contribution in [2.75, 3.05) is 7.11 Å². The molecule has 29 heavy (non-hydrogen) atoms. The third-order valence-electron chi connectivity index (χ3n) is 5.32. The van der Waals surface area contributed by atoms with E-state index in [2.05, 4.69) is 6.92 Å². The van der Waals surface area contributed by atoms with Crippen LogP contribution in [0.3, 0.4) is 0 Å². The van der Waals surface area contributed by atoms with Crippen LogP contribution in [0.5, 0.6) is 11.5 Å². The summed E-state index contributed by atoms with van der Waals surface area (Å²) in [5, 5.41) is 13.1. The van der Waals surface area contributed by atoms with Gasteiger partial charge in [-0.3, -0.25) is 0 Å². The van der Waals surface area contributed by atoms with Crippen LogP contribution in [0.1, 0.15) is 30.2 Å². The molecule has 4 heteroatoms. The molecule has 3 N–H and O–H groups in total. The highest BCUT2D eigenvalue weighted by Gasteiger charge is 2.18. The molecule has 3 aromatic carbocycles. The molecule has 0 spiro atoms. The number of nitrogens with two attached hydrogens (primary N) is 1. The van der Waals surface area contributed by atoms with Gasteiger partial charge in [0.2, 0.25) is 0 Å². The summed E-state index contributed by atoms with van der Waals surface area (Å²) in [7, 11) is 1.66. The van der Waals surface area contributed by atoms with Crippen molar-refractivity contribution in [3.63, 3.8) is 0 Å². The summed E-state index contributed by atoms with van der Waals surface area (Å²) >= 11 is 0. The molecular formula is C25H25NO3. The molecule has 4 aromatic rings. The fraction of sp³-hybridized carbons (Fsp3) is 0.200. The minimum absolute atomic E-state index is 0.0217. The van der Waals surface area contributed by atoms with E-state index in [4.69, 9.17) is 14.9 Å². The zero-order valence-corrected chi connectivity index (χ0v) is 16.7. The second-order valence-electron chi connectivity index (χ2n) is 7.25. The number of furan rings is 1. The average molecular weight is 387 g/mol. The second-order valence-corrected chi connectivity index (χ2v) is 7.25. The Labute approximate surface area is 170 Å². The van der Waals surface area contributed by atoms with Crippen LogP contribution in [-0.4, -0.2) is 18.3 Å². The maximum Gasteiger partial charge on any atom is 0.143 e. The van der Waals surface area contributed by atoms with Gasteiger partial charge in [-0.1, -0.05) is 49.4 Å². The topological polar surface area (TPSA) is 68.6 Å². The van der Waals surface area contributed by atoms with Crippen LogP contribution >= 0.6 is 0 Å². The van der Waals surface area contributed by atoms with Crippen LogP contribution in [0.15, 0.2) is 59.0 Å². The molecule has 1 unspecified atom stereocenters. The van der Waals surface area contributed by atoms with Crippen molar-refractivity contribution >= 4 is 33.9 Å². The molecule has 0 aliphatic heterocycles. The van der Waals surface area contributed by atoms with Crippen molar-refractivity contribution in [2.24, 2.45) is 5.73 Å². The molecule has 0 amide bonds. The third kappa shape index (κ3) is 3.71. The van der Waals surface area contributed by atoms with Gasteiger partial charge in [-0.2, -0.15) is 0 Å². The lowest BCUT2D eigenvalue weighted by Crippen LogP contribution is -2.21. The summed E-state index contributed by atoms with van der Waals surface area (Å²) in [6.07, 6.45) is 5.52. The van der Waals surface area contributed by atoms with E-state index in [0.717, 1.165) is 50.8 Å². The van der Waals surface area contributed by atoms with Crippen molar-refractivity contribution in [1.29, 1.82) is 0 Å². The van der Waals surface area contributed by atoms with Gasteiger partial charge in [0.15, 0.2) is 0 Å². The Hall–Kier alpha value is -3.24. The summed E-state index contributed by atoms with van der Waals surface area (Å²) in [5.74, 6) is 1.83. The maximum absolute atomic E-state index is 10.6. The molecule has 0 aliphatic carbocycles. The fourth-order valence-electron chi connectivity index (χ4n) is 3.64. The second kappa shape index (κ2) is 8.02. The van der Waals surface area contributed by atoms with E-state index in [-0.39, 0.29) is 11.8 Å². The fourth-order valence-corrected chi connectivity index (χ4v) is 3.64. The Bertz CT molecular complexity index is 1190. The summed E-state index contributed by atoms with van der Waals surface area (Å²) in [6, 6.07) is 17.4. The zero-order chi connectivity index (χ0) is 20.4. The largest absolute Gasteiger partial charge is 0.507 e. The molecule has 4 nitrogen and oxygen atoms in total. The first-order valence-corrected chi connectivity index (χ1v) is 9.84. The van der Waals surface area contributed by atoms with Gasteiger partial charge in [0, 0.05) is 27.8 Å². The maximum atomic E-state index is 10.6. The molecule has 0 fully saturated rings. The molecule has 0 aliphatic rings. The first kappa shape index (κ1) is 19.1. The quantitative estimate of drug-likeness (QED) is 0.442. The predicted molar refractivity (Wildman–Crippen MR) is 119 cm³/mol. The Morgan fingerprint density at radius 1 is 1.03 bits per heavy atom. The highest BCUT2D eigenvalue weighted by molar-refractivity contribution is 6.09. The van der Waals surface area contributed by atoms with Crippen LogP contribution < -0.4 is 10.5 Å². The lowest BCUT2D eigenvalue weighted by molar-refractivity contribution is 0.414. The van der Waals surface area contributed by atoms with Gasteiger partial charge >= 0.3 is 0 Å². The van der Waals surface area contributed by atoms with Gasteiger partial charge in [-0.05, 0) is 42.7 Å². The minimum Gasteiger partial charge on any atom is -0.507 e. The number of ether oxygens (including phenoxy) is 1. The van der Waals surface area contributed by atoms with E-state index in [1.165, 1.54) is 0 Å². The summed E-state index contributed by atoms with van der Waals surface area (Å²) in [4.78, 5) is 0. The summed E-state index contributed by atoms with van der Waals surface area (Å²) in [5.41, 5.74) is 9.09. The first-order valence-electron chi connectivity index (χ1n) is 9.84. The average Bonchev–Trinajstić information content (AvgIpc) is 3.09. The molecule has 0 saturated carbocycles. The van der Waals surface area contributed by atoms with Crippen LogP contribution in [0.2, 0.25) is 0 Å². The lowest BCUT2D eigenvalue weighted by Gasteiger charge is -2.08. The van der Waals surface area contributed by atoms with Gasteiger partial charge in [0.1, 0.15) is 22.8 Å². The van der Waals surface area contributed by atoms with Crippen LogP contribution in [0.25, 0.3) is 33.9 Å². The highest BCUT2D eigenvalue weighted by atomic mass is 16.5. The SMILES string of the molecule is CCC(N)Cc1c(/C=C/c2cccc(OC)c2)oc2c1cc(O)c1ccccc12. The van der Waals surface area contributed by atoms with Crippen molar-refractivity contribution < 1.29 is 14.3 Å². The van der Waals surface area contributed by atoms with E-state index in [1.54, 1.807) is 13.2 Å². The van der Waals surface area contributed by atoms with Crippen molar-refractivity contribution in [3.8, 4) is 11.5 Å². The number of hydrogen-bond donors (Lipinski definition) is 2. The smallest absolute Gasteiger partial charge is 0.143 e. The van der Waals surface area contributed by atoms with Crippen molar-refractivity contribution in [3.05, 3.63) is 71.5 Å². The van der Waals surface area contributed by atoms with Gasteiger partial charge in [0.05, 0.1) is 7.11 Å². The Morgan fingerprint density at radius 2 is 1.83 bits per heavy atom. The van der Waals surface area contributed by atoms with Crippen LogP contribution in [0, 0.1) is 0 Å². The number of rotatable bonds is 6. The molecule has 0 saturated heterocycles. The molecule has 1 atom stereocenters. The van der Waals surface area contributed by atoms with Gasteiger partial charge in [-0.25, -0.2) is 0 Å². The van der Waals surface area contributed by atoms with E-state index < -0.39 is 0 Å². The number of hydrogen-bond acceptors (Lipinski definition) is 4. The third-order valence-corrected chi connectivity index (χ3v) is 5.32. The molecule has 148 valence electrons. The number of phenols is 1. The van der Waals surface area contributed by atoms with E-state index in [9.17, 15) is 5.11 Å². The van der Waals surface area contributed by atoms with Crippen molar-refractivity contribution in [1.82, 2.24) is 0 Å². The standard InChI is InChI=1S/C25H25NO3/c1-3-17(26)14-21-22-15-23(27)19-9-4-5-10-20(19)25(22)29-24(21)12-11-16-7-6-8-18(13-16)28-2/h4-13,15,17,27H,3,14,26H2,1-2H3/b12-11+. The Morgan fingerprint density at radius 3 is 2.59 bits per heavy atom. The van der Waals surface area contributed by atoms with Crippen LogP contribution in [0.4, 0.5) is 0 Å². The molecular weight excluding hydrogens is 362 g/mol. The number of fused-ring (bicyclic) bond motifs is 3. The predicted octanol–water partition coefficient (Wildman–Crippen LogP) is 5.75. The molecule has 1 aromatic heterocycles. The van der Waals surface area contributed by atoms with Crippen molar-refractivity contribution in [2.45, 2.75) is 25.8 Å². The van der Waals surface area contributed by atoms with E-state index in [0.29, 0.717) is 6.42 Å². The summed E-state index contributed by atoms with van der Waals surface area (Å²) < 4.78 is 11.6. The Kier molecular flexibility index (Phi) is 5.28. The van der Waals surface area contributed by atoms with E-state index in [1.807, 2.05) is 60.7 Å². The van der Waals surface area contributed by atoms with E-state index >= 15 is 0 Å². The van der Waals surface area contributed by atoms with Gasteiger partial charge in [0.25, 0.3) is 0 Å². The molecule has 0 radical (unpaired) electrons. The number of methoxy groups -OCH3 is 1. The lowest BCUT2D eigenvalue weighted by atomic mass is 9.98. The Balaban J connectivity index is 1.88. The number of aromatic hydroxyl groups is 1. The van der Waals surface area contributed by atoms with Gasteiger partial charge < -0.3 is 20.0 Å². The minimum atomic E-state index is 0.0217. The molecule has 4 rings (SSSR count). The summed E-state index contributed by atoms with van der Waals surface area (Å²) in [6.45, 7) is 2.07. The highest BCUT2D eigenvalue weighted by Crippen LogP contribution is 2.38. The number of benzene rings is 3. The molecule has 1 heterocycles. The monoisotopic (exact) mass is 387 g/mol. The van der Waals surface area contributed by atoms with Crippen LogP contribution in [-0.2, 0) is 6.42 Å². The first-order chi connectivity index (χ1) is 14.1.